The number of rotatable bonds is 6. The van der Waals surface area contributed by atoms with E-state index in [0.29, 0.717) is 24.4 Å². The van der Waals surface area contributed by atoms with E-state index < -0.39 is 9.84 Å². The summed E-state index contributed by atoms with van der Waals surface area (Å²) in [5, 5.41) is 7.09. The van der Waals surface area contributed by atoms with Crippen molar-refractivity contribution in [2.45, 2.75) is 32.9 Å². The van der Waals surface area contributed by atoms with E-state index in [1.165, 1.54) is 0 Å². The molecule has 1 unspecified atom stereocenters. The van der Waals surface area contributed by atoms with Crippen molar-refractivity contribution in [1.29, 1.82) is 0 Å². The molecule has 1 aromatic carbocycles. The molecule has 0 saturated carbocycles. The number of nitrogens with zero attached hydrogens (tertiary/aromatic N) is 3. The molecular weight excluding hydrogens is 416 g/mol. The van der Waals surface area contributed by atoms with Crippen LogP contribution in [-0.4, -0.2) is 40.6 Å². The lowest BCUT2D eigenvalue weighted by atomic mass is 10.0. The number of hydrogen-bond acceptors (Lipinski definition) is 6. The van der Waals surface area contributed by atoms with Gasteiger partial charge in [0.15, 0.2) is 9.84 Å². The van der Waals surface area contributed by atoms with E-state index in [-0.39, 0.29) is 23.5 Å². The molecule has 8 nitrogen and oxygen atoms in total. The average molecular weight is 441 g/mol. The van der Waals surface area contributed by atoms with Gasteiger partial charge in [0.25, 0.3) is 5.91 Å². The number of pyridine rings is 1. The molecule has 162 valence electrons. The molecule has 1 aliphatic heterocycles. The summed E-state index contributed by atoms with van der Waals surface area (Å²) in [5.74, 6) is 1.12. The Bertz CT molecular complexity index is 1180. The van der Waals surface area contributed by atoms with Gasteiger partial charge in [-0.25, -0.2) is 13.1 Å². The smallest absolute Gasteiger partial charge is 0.256 e. The van der Waals surface area contributed by atoms with Gasteiger partial charge in [0, 0.05) is 29.6 Å². The SMILES string of the molecule is Cc1cc(C(=O)Nc2ccnn2C2CCS(=O)(=O)C2)cc(C)c1OCc1cccnc1. The molecule has 4 rings (SSSR count). The van der Waals surface area contributed by atoms with Crippen LogP contribution in [0.15, 0.2) is 48.9 Å². The molecule has 1 saturated heterocycles. The van der Waals surface area contributed by atoms with Gasteiger partial charge in [-0.05, 0) is 49.6 Å². The summed E-state index contributed by atoms with van der Waals surface area (Å²) in [6, 6.07) is 8.77. The van der Waals surface area contributed by atoms with Gasteiger partial charge >= 0.3 is 0 Å². The molecule has 3 heterocycles. The minimum Gasteiger partial charge on any atom is -0.488 e. The molecule has 2 aromatic heterocycles. The number of carbonyl (C=O) groups excluding carboxylic acids is 1. The summed E-state index contributed by atoms with van der Waals surface area (Å²) >= 11 is 0. The molecule has 31 heavy (non-hydrogen) atoms. The maximum absolute atomic E-state index is 12.9. The molecule has 1 amide bonds. The van der Waals surface area contributed by atoms with Crippen molar-refractivity contribution in [3.05, 3.63) is 71.2 Å². The largest absolute Gasteiger partial charge is 0.488 e. The Morgan fingerprint density at radius 1 is 1.23 bits per heavy atom. The van der Waals surface area contributed by atoms with Crippen LogP contribution in [0.2, 0.25) is 0 Å². The molecule has 0 bridgehead atoms. The Morgan fingerprint density at radius 3 is 2.65 bits per heavy atom. The molecule has 1 N–H and O–H groups in total. The number of hydrogen-bond donors (Lipinski definition) is 1. The number of carbonyl (C=O) groups is 1. The van der Waals surface area contributed by atoms with Crippen LogP contribution in [0.5, 0.6) is 5.75 Å². The van der Waals surface area contributed by atoms with Crippen LogP contribution in [0.3, 0.4) is 0 Å². The highest BCUT2D eigenvalue weighted by atomic mass is 32.2. The van der Waals surface area contributed by atoms with Crippen molar-refractivity contribution in [3.8, 4) is 5.75 Å². The van der Waals surface area contributed by atoms with Crippen molar-refractivity contribution in [3.63, 3.8) is 0 Å². The maximum atomic E-state index is 12.9. The summed E-state index contributed by atoms with van der Waals surface area (Å²) < 4.78 is 31.1. The van der Waals surface area contributed by atoms with Gasteiger partial charge in [0.2, 0.25) is 0 Å². The topological polar surface area (TPSA) is 103 Å². The molecule has 1 fully saturated rings. The van der Waals surface area contributed by atoms with E-state index in [4.69, 9.17) is 4.74 Å². The molecule has 0 aliphatic carbocycles. The second-order valence-electron chi connectivity index (χ2n) is 7.76. The van der Waals surface area contributed by atoms with Gasteiger partial charge in [0.05, 0.1) is 23.7 Å². The molecule has 3 aromatic rings. The number of aromatic nitrogens is 3. The van der Waals surface area contributed by atoms with Crippen molar-refractivity contribution in [2.24, 2.45) is 0 Å². The summed E-state index contributed by atoms with van der Waals surface area (Å²) in [6.07, 6.45) is 5.52. The maximum Gasteiger partial charge on any atom is 0.256 e. The highest BCUT2D eigenvalue weighted by Gasteiger charge is 2.31. The van der Waals surface area contributed by atoms with Crippen LogP contribution in [-0.2, 0) is 16.4 Å². The van der Waals surface area contributed by atoms with Crippen LogP contribution < -0.4 is 10.1 Å². The molecule has 0 spiro atoms. The minimum absolute atomic E-state index is 0.0404. The van der Waals surface area contributed by atoms with E-state index >= 15 is 0 Å². The monoisotopic (exact) mass is 440 g/mol. The van der Waals surface area contributed by atoms with E-state index in [2.05, 4.69) is 15.4 Å². The zero-order valence-electron chi connectivity index (χ0n) is 17.4. The number of benzene rings is 1. The van der Waals surface area contributed by atoms with E-state index in [9.17, 15) is 13.2 Å². The van der Waals surface area contributed by atoms with Crippen molar-refractivity contribution < 1.29 is 17.9 Å². The molecular formula is C22H24N4O4S. The number of anilines is 1. The first-order valence-corrected chi connectivity index (χ1v) is 11.8. The number of amides is 1. The first kappa shape index (κ1) is 21.0. The van der Waals surface area contributed by atoms with Crippen LogP contribution in [0.1, 0.15) is 39.5 Å². The molecule has 0 radical (unpaired) electrons. The first-order valence-electron chi connectivity index (χ1n) is 10.0. The lowest BCUT2D eigenvalue weighted by Crippen LogP contribution is -2.19. The quantitative estimate of drug-likeness (QED) is 0.632. The van der Waals surface area contributed by atoms with E-state index in [1.807, 2.05) is 26.0 Å². The predicted molar refractivity (Wildman–Crippen MR) is 117 cm³/mol. The molecule has 1 aliphatic rings. The zero-order chi connectivity index (χ0) is 22.0. The predicted octanol–water partition coefficient (Wildman–Crippen LogP) is 3.09. The highest BCUT2D eigenvalue weighted by molar-refractivity contribution is 7.91. The van der Waals surface area contributed by atoms with Gasteiger partial charge in [-0.15, -0.1) is 0 Å². The molecule has 9 heteroatoms. The Hall–Kier alpha value is -3.20. The second-order valence-corrected chi connectivity index (χ2v) is 9.99. The van der Waals surface area contributed by atoms with Crippen molar-refractivity contribution in [2.75, 3.05) is 16.8 Å². The number of nitrogens with one attached hydrogen (secondary N) is 1. The van der Waals surface area contributed by atoms with Gasteiger partial charge in [-0.2, -0.15) is 5.10 Å². The third-order valence-electron chi connectivity index (χ3n) is 5.29. The third kappa shape index (κ3) is 4.77. The Kier molecular flexibility index (Phi) is 5.77. The summed E-state index contributed by atoms with van der Waals surface area (Å²) in [6.45, 7) is 4.19. The van der Waals surface area contributed by atoms with E-state index in [1.54, 1.807) is 41.5 Å². The Labute approximate surface area is 181 Å². The second kappa shape index (κ2) is 8.50. The van der Waals surface area contributed by atoms with E-state index in [0.717, 1.165) is 22.4 Å². The Morgan fingerprint density at radius 2 is 2.00 bits per heavy atom. The fourth-order valence-electron chi connectivity index (χ4n) is 3.81. The highest BCUT2D eigenvalue weighted by Crippen LogP contribution is 2.28. The van der Waals surface area contributed by atoms with Gasteiger partial charge in [-0.3, -0.25) is 9.78 Å². The standard InChI is InChI=1S/C22H24N4O4S/c1-15-10-18(11-16(2)21(15)30-13-17-4-3-7-23-12-17)22(27)25-20-5-8-24-26(20)19-6-9-31(28,29)14-19/h3-5,7-8,10-12,19H,6,9,13-14H2,1-2H3,(H,25,27). The van der Waals surface area contributed by atoms with Gasteiger partial charge < -0.3 is 10.1 Å². The van der Waals surface area contributed by atoms with Gasteiger partial charge in [-0.1, -0.05) is 6.07 Å². The minimum atomic E-state index is -3.05. The third-order valence-corrected chi connectivity index (χ3v) is 7.05. The normalized spacial score (nSPS) is 17.4. The van der Waals surface area contributed by atoms with Crippen LogP contribution in [0.25, 0.3) is 0 Å². The number of aryl methyl sites for hydroxylation is 2. The number of ether oxygens (including phenoxy) is 1. The lowest BCUT2D eigenvalue weighted by Gasteiger charge is -2.16. The first-order chi connectivity index (χ1) is 14.8. The Balaban J connectivity index is 1.48. The van der Waals surface area contributed by atoms with Crippen LogP contribution in [0.4, 0.5) is 5.82 Å². The average Bonchev–Trinajstić information content (AvgIpc) is 3.33. The molecule has 1 atom stereocenters. The lowest BCUT2D eigenvalue weighted by molar-refractivity contribution is 0.102. The van der Waals surface area contributed by atoms with Crippen LogP contribution >= 0.6 is 0 Å². The summed E-state index contributed by atoms with van der Waals surface area (Å²) in [5.41, 5.74) is 3.16. The zero-order valence-corrected chi connectivity index (χ0v) is 18.2. The fourth-order valence-corrected chi connectivity index (χ4v) is 5.50. The van der Waals surface area contributed by atoms with Gasteiger partial charge in [0.1, 0.15) is 18.2 Å². The number of sulfone groups is 1. The summed E-state index contributed by atoms with van der Waals surface area (Å²) in [7, 11) is -3.05. The van der Waals surface area contributed by atoms with Crippen LogP contribution in [0, 0.1) is 13.8 Å². The fraction of sp³-hybridized carbons (Fsp3) is 0.318. The summed E-state index contributed by atoms with van der Waals surface area (Å²) in [4.78, 5) is 17.0. The van der Waals surface area contributed by atoms with Crippen molar-refractivity contribution in [1.82, 2.24) is 14.8 Å². The van der Waals surface area contributed by atoms with Crippen molar-refractivity contribution >= 4 is 21.6 Å².